The number of ether oxygens (including phenoxy) is 1. The second kappa shape index (κ2) is 8.05. The van der Waals surface area contributed by atoms with Crippen molar-refractivity contribution in [3.05, 3.63) is 28.5 Å². The molecule has 0 aliphatic carbocycles. The minimum Gasteiger partial charge on any atom is -0.385 e. The van der Waals surface area contributed by atoms with Gasteiger partial charge in [0.15, 0.2) is 0 Å². The summed E-state index contributed by atoms with van der Waals surface area (Å²) in [7, 11) is 1.61. The van der Waals surface area contributed by atoms with Crippen molar-refractivity contribution in [1.82, 2.24) is 5.32 Å². The quantitative estimate of drug-likeness (QED) is 0.757. The maximum atomic E-state index is 13.4. The van der Waals surface area contributed by atoms with Gasteiger partial charge in [-0.3, -0.25) is 4.79 Å². The van der Waals surface area contributed by atoms with E-state index in [9.17, 15) is 9.18 Å². The number of amides is 1. The molecule has 0 bridgehead atoms. The number of hydrogen-bond acceptors (Lipinski definition) is 3. The van der Waals surface area contributed by atoms with Gasteiger partial charge in [0.25, 0.3) is 0 Å². The van der Waals surface area contributed by atoms with E-state index in [-0.39, 0.29) is 12.5 Å². The van der Waals surface area contributed by atoms with E-state index in [1.165, 1.54) is 6.07 Å². The van der Waals surface area contributed by atoms with Crippen molar-refractivity contribution in [1.29, 1.82) is 0 Å². The molecule has 4 nitrogen and oxygen atoms in total. The zero-order valence-corrected chi connectivity index (χ0v) is 11.7. The Morgan fingerprint density at radius 3 is 2.94 bits per heavy atom. The molecule has 0 unspecified atom stereocenters. The Morgan fingerprint density at radius 2 is 2.28 bits per heavy atom. The first-order valence-electron chi connectivity index (χ1n) is 5.58. The van der Waals surface area contributed by atoms with E-state index in [1.807, 2.05) is 0 Å². The highest BCUT2D eigenvalue weighted by Crippen LogP contribution is 2.18. The number of halogens is 2. The first-order chi connectivity index (χ1) is 8.63. The number of anilines is 1. The summed E-state index contributed by atoms with van der Waals surface area (Å²) in [5.74, 6) is -0.565. The highest BCUT2D eigenvalue weighted by Gasteiger charge is 2.04. The number of methoxy groups -OCH3 is 1. The average molecular weight is 319 g/mol. The topological polar surface area (TPSA) is 50.4 Å². The first-order valence-corrected chi connectivity index (χ1v) is 6.37. The molecule has 0 aliphatic heterocycles. The molecule has 0 heterocycles. The van der Waals surface area contributed by atoms with Crippen LogP contribution in [0.15, 0.2) is 22.7 Å². The van der Waals surface area contributed by atoms with Gasteiger partial charge in [-0.2, -0.15) is 0 Å². The fourth-order valence-electron chi connectivity index (χ4n) is 1.32. The number of rotatable bonds is 7. The number of benzene rings is 1. The Bertz CT molecular complexity index is 402. The van der Waals surface area contributed by atoms with Gasteiger partial charge < -0.3 is 15.4 Å². The molecule has 100 valence electrons. The van der Waals surface area contributed by atoms with Crippen LogP contribution in [0.4, 0.5) is 10.1 Å². The van der Waals surface area contributed by atoms with Crippen LogP contribution in [-0.2, 0) is 9.53 Å². The lowest BCUT2D eigenvalue weighted by atomic mass is 10.3. The summed E-state index contributed by atoms with van der Waals surface area (Å²) in [5.41, 5.74) is 0.310. The van der Waals surface area contributed by atoms with Gasteiger partial charge in [-0.05, 0) is 24.6 Å². The molecule has 1 amide bonds. The Labute approximate surface area is 114 Å². The summed E-state index contributed by atoms with van der Waals surface area (Å²) in [6, 6.07) is 4.64. The summed E-state index contributed by atoms with van der Waals surface area (Å²) in [5, 5.41) is 5.45. The monoisotopic (exact) mass is 318 g/mol. The molecule has 6 heteroatoms. The lowest BCUT2D eigenvalue weighted by molar-refractivity contribution is -0.119. The average Bonchev–Trinajstić information content (AvgIpc) is 2.33. The summed E-state index contributed by atoms with van der Waals surface area (Å²) < 4.78 is 18.9. The fourth-order valence-corrected chi connectivity index (χ4v) is 1.65. The molecule has 1 rings (SSSR count). The summed E-state index contributed by atoms with van der Waals surface area (Å²) >= 11 is 3.17. The third-order valence-corrected chi connectivity index (χ3v) is 2.71. The molecule has 1 aromatic rings. The highest BCUT2D eigenvalue weighted by molar-refractivity contribution is 9.10. The van der Waals surface area contributed by atoms with Crippen molar-refractivity contribution in [3.63, 3.8) is 0 Å². The van der Waals surface area contributed by atoms with Crippen LogP contribution >= 0.6 is 15.9 Å². The molecule has 0 fully saturated rings. The van der Waals surface area contributed by atoms with Crippen molar-refractivity contribution < 1.29 is 13.9 Å². The zero-order valence-electron chi connectivity index (χ0n) is 10.1. The number of nitrogens with one attached hydrogen (secondary N) is 2. The Kier molecular flexibility index (Phi) is 6.67. The van der Waals surface area contributed by atoms with E-state index in [1.54, 1.807) is 19.2 Å². The minimum absolute atomic E-state index is 0.0472. The smallest absolute Gasteiger partial charge is 0.239 e. The molecule has 0 saturated carbocycles. The van der Waals surface area contributed by atoms with E-state index in [0.717, 1.165) is 6.42 Å². The van der Waals surface area contributed by atoms with E-state index >= 15 is 0 Å². The Morgan fingerprint density at radius 1 is 1.50 bits per heavy atom. The zero-order chi connectivity index (χ0) is 13.4. The second-order valence-electron chi connectivity index (χ2n) is 3.67. The largest absolute Gasteiger partial charge is 0.385 e. The van der Waals surface area contributed by atoms with E-state index in [0.29, 0.717) is 23.3 Å². The van der Waals surface area contributed by atoms with Crippen molar-refractivity contribution in [2.24, 2.45) is 0 Å². The van der Waals surface area contributed by atoms with Crippen molar-refractivity contribution >= 4 is 27.5 Å². The normalized spacial score (nSPS) is 10.2. The SMILES string of the molecule is COCCCNC(=O)CNc1ccc(Br)cc1F. The van der Waals surface area contributed by atoms with Crippen molar-refractivity contribution in [2.75, 3.05) is 32.1 Å². The standard InChI is InChI=1S/C12H16BrFN2O2/c1-18-6-2-5-15-12(17)8-16-11-4-3-9(13)7-10(11)14/h3-4,7,16H,2,5-6,8H2,1H3,(H,15,17). The number of carbonyl (C=O) groups excluding carboxylic acids is 1. The van der Waals surface area contributed by atoms with Crippen LogP contribution < -0.4 is 10.6 Å². The summed E-state index contributed by atoms with van der Waals surface area (Å²) in [4.78, 5) is 11.4. The molecule has 18 heavy (non-hydrogen) atoms. The molecular weight excluding hydrogens is 303 g/mol. The van der Waals surface area contributed by atoms with Crippen LogP contribution in [0.2, 0.25) is 0 Å². The van der Waals surface area contributed by atoms with Gasteiger partial charge in [0.1, 0.15) is 5.82 Å². The van der Waals surface area contributed by atoms with Gasteiger partial charge in [-0.25, -0.2) is 4.39 Å². The maximum absolute atomic E-state index is 13.4. The number of hydrogen-bond donors (Lipinski definition) is 2. The fraction of sp³-hybridized carbons (Fsp3) is 0.417. The molecule has 0 radical (unpaired) electrons. The van der Waals surface area contributed by atoms with Gasteiger partial charge in [0.05, 0.1) is 12.2 Å². The first kappa shape index (κ1) is 14.9. The lowest BCUT2D eigenvalue weighted by Crippen LogP contribution is -2.31. The molecule has 0 spiro atoms. The Hall–Kier alpha value is -1.14. The minimum atomic E-state index is -0.392. The van der Waals surface area contributed by atoms with Gasteiger partial charge in [-0.1, -0.05) is 15.9 Å². The van der Waals surface area contributed by atoms with Gasteiger partial charge in [0, 0.05) is 24.7 Å². The maximum Gasteiger partial charge on any atom is 0.239 e. The van der Waals surface area contributed by atoms with Crippen LogP contribution in [0.1, 0.15) is 6.42 Å². The molecule has 2 N–H and O–H groups in total. The van der Waals surface area contributed by atoms with Crippen LogP contribution in [0.3, 0.4) is 0 Å². The van der Waals surface area contributed by atoms with E-state index in [2.05, 4.69) is 26.6 Å². The molecule has 0 aromatic heterocycles. The van der Waals surface area contributed by atoms with Crippen LogP contribution in [0, 0.1) is 5.82 Å². The van der Waals surface area contributed by atoms with Gasteiger partial charge >= 0.3 is 0 Å². The van der Waals surface area contributed by atoms with Gasteiger partial charge in [0.2, 0.25) is 5.91 Å². The number of carbonyl (C=O) groups is 1. The van der Waals surface area contributed by atoms with Gasteiger partial charge in [-0.15, -0.1) is 0 Å². The lowest BCUT2D eigenvalue weighted by Gasteiger charge is -2.08. The molecule has 0 saturated heterocycles. The third kappa shape index (κ3) is 5.46. The van der Waals surface area contributed by atoms with E-state index in [4.69, 9.17) is 4.74 Å². The van der Waals surface area contributed by atoms with E-state index < -0.39 is 5.82 Å². The van der Waals surface area contributed by atoms with Crippen LogP contribution in [-0.4, -0.2) is 32.7 Å². The molecule has 1 aromatic carbocycles. The summed E-state index contributed by atoms with van der Waals surface area (Å²) in [6.45, 7) is 1.21. The summed E-state index contributed by atoms with van der Waals surface area (Å²) in [6.07, 6.45) is 0.759. The van der Waals surface area contributed by atoms with Crippen LogP contribution in [0.5, 0.6) is 0 Å². The van der Waals surface area contributed by atoms with Crippen molar-refractivity contribution in [3.8, 4) is 0 Å². The Balaban J connectivity index is 2.29. The molecule has 0 atom stereocenters. The van der Waals surface area contributed by atoms with Crippen LogP contribution in [0.25, 0.3) is 0 Å². The molecular formula is C12H16BrFN2O2. The van der Waals surface area contributed by atoms with Crippen molar-refractivity contribution in [2.45, 2.75) is 6.42 Å². The molecule has 0 aliphatic rings. The second-order valence-corrected chi connectivity index (χ2v) is 4.59. The third-order valence-electron chi connectivity index (χ3n) is 2.22. The predicted octanol–water partition coefficient (Wildman–Crippen LogP) is 2.15. The highest BCUT2D eigenvalue weighted by atomic mass is 79.9. The predicted molar refractivity (Wildman–Crippen MR) is 72.1 cm³/mol.